The molecule has 1 spiro atoms. The zero-order valence-corrected chi connectivity index (χ0v) is 16.4. The van der Waals surface area contributed by atoms with Gasteiger partial charge in [0.05, 0.1) is 6.61 Å². The van der Waals surface area contributed by atoms with E-state index in [9.17, 15) is 4.79 Å². The highest BCUT2D eigenvalue weighted by Gasteiger charge is 2.44. The van der Waals surface area contributed by atoms with Crippen LogP contribution in [-0.2, 0) is 9.53 Å². The van der Waals surface area contributed by atoms with Crippen molar-refractivity contribution >= 4 is 39.5 Å². The van der Waals surface area contributed by atoms with Crippen molar-refractivity contribution in [2.45, 2.75) is 44.7 Å². The molecule has 2 aliphatic rings. The number of esters is 1. The summed E-state index contributed by atoms with van der Waals surface area (Å²) in [6.07, 6.45) is 3.66. The molecule has 0 aromatic heterocycles. The van der Waals surface area contributed by atoms with Crippen LogP contribution in [0.25, 0.3) is 0 Å². The number of nitrogens with zero attached hydrogens (tertiary/aromatic N) is 3. The normalized spacial score (nSPS) is 25.6. The van der Waals surface area contributed by atoms with Gasteiger partial charge >= 0.3 is 5.97 Å². The van der Waals surface area contributed by atoms with Crippen LogP contribution in [0.5, 0.6) is 0 Å². The van der Waals surface area contributed by atoms with E-state index < -0.39 is 5.66 Å². The topological polar surface area (TPSA) is 106 Å². The number of benzene rings is 1. The highest BCUT2D eigenvalue weighted by Crippen LogP contribution is 2.42. The zero-order valence-electron chi connectivity index (χ0n) is 14.8. The molecule has 0 radical (unpaired) electrons. The molecule has 0 amide bonds. The molecule has 0 atom stereocenters. The van der Waals surface area contributed by atoms with Crippen molar-refractivity contribution < 1.29 is 9.53 Å². The molecule has 1 aliphatic carbocycles. The largest absolute Gasteiger partial charge is 0.466 e. The summed E-state index contributed by atoms with van der Waals surface area (Å²) in [6.45, 7) is 2.24. The summed E-state index contributed by atoms with van der Waals surface area (Å²) in [5, 5.41) is 0. The predicted octanol–water partition coefficient (Wildman–Crippen LogP) is 2.74. The lowest BCUT2D eigenvalue weighted by molar-refractivity contribution is -0.144. The summed E-state index contributed by atoms with van der Waals surface area (Å²) < 4.78 is 6.03. The first-order chi connectivity index (χ1) is 12.4. The van der Waals surface area contributed by atoms with Crippen molar-refractivity contribution in [1.29, 1.82) is 0 Å². The molecule has 1 heterocycles. The number of aliphatic imine (C=N–C) groups is 2. The lowest BCUT2D eigenvalue weighted by Gasteiger charge is -2.47. The number of anilines is 1. The number of carbonyl (C=O) groups excluding carboxylic acids is 1. The SMILES string of the molecule is CCOC(=O)CC1CCC2(CC1)N=C(N)N=C(N)N2c1cccc(Br)c1. The number of rotatable bonds is 4. The van der Waals surface area contributed by atoms with E-state index in [0.29, 0.717) is 24.9 Å². The molecule has 1 aromatic carbocycles. The minimum absolute atomic E-state index is 0.134. The van der Waals surface area contributed by atoms with E-state index >= 15 is 0 Å². The van der Waals surface area contributed by atoms with Gasteiger partial charge in [0.2, 0.25) is 11.9 Å². The maximum Gasteiger partial charge on any atom is 0.306 e. The average Bonchev–Trinajstić information content (AvgIpc) is 2.57. The molecule has 1 saturated carbocycles. The molecule has 0 saturated heterocycles. The van der Waals surface area contributed by atoms with E-state index in [0.717, 1.165) is 35.8 Å². The van der Waals surface area contributed by atoms with Crippen molar-refractivity contribution in [3.05, 3.63) is 28.7 Å². The maximum atomic E-state index is 11.8. The van der Waals surface area contributed by atoms with Crippen LogP contribution in [0.1, 0.15) is 39.0 Å². The smallest absolute Gasteiger partial charge is 0.306 e. The van der Waals surface area contributed by atoms with Gasteiger partial charge in [0.25, 0.3) is 0 Å². The summed E-state index contributed by atoms with van der Waals surface area (Å²) in [6, 6.07) is 7.89. The summed E-state index contributed by atoms with van der Waals surface area (Å²) in [7, 11) is 0. The van der Waals surface area contributed by atoms with E-state index in [1.165, 1.54) is 0 Å². The minimum atomic E-state index is -0.554. The van der Waals surface area contributed by atoms with E-state index in [4.69, 9.17) is 16.2 Å². The van der Waals surface area contributed by atoms with Crippen molar-refractivity contribution in [2.24, 2.45) is 27.4 Å². The number of ether oxygens (including phenoxy) is 1. The molecule has 4 N–H and O–H groups in total. The van der Waals surface area contributed by atoms with Gasteiger partial charge in [0.15, 0.2) is 0 Å². The number of carbonyl (C=O) groups is 1. The van der Waals surface area contributed by atoms with E-state index in [-0.39, 0.29) is 11.9 Å². The predicted molar refractivity (Wildman–Crippen MR) is 106 cm³/mol. The molecule has 0 bridgehead atoms. The van der Waals surface area contributed by atoms with Crippen LogP contribution in [0, 0.1) is 5.92 Å². The number of hydrogen-bond donors (Lipinski definition) is 2. The standard InChI is InChI=1S/C18H24BrN5O2/c1-2-26-15(25)10-12-6-8-18(9-7-12)23-16(20)22-17(21)24(18)14-5-3-4-13(19)11-14/h3-5,11-12H,2,6-10H2,1H3,(H4,20,21,22,23). The third-order valence-electron chi connectivity index (χ3n) is 4.93. The maximum absolute atomic E-state index is 11.8. The minimum Gasteiger partial charge on any atom is -0.466 e. The van der Waals surface area contributed by atoms with E-state index in [2.05, 4.69) is 25.9 Å². The quantitative estimate of drug-likeness (QED) is 0.726. The monoisotopic (exact) mass is 421 g/mol. The lowest BCUT2D eigenvalue weighted by atomic mass is 9.79. The second kappa shape index (κ2) is 7.65. The van der Waals surface area contributed by atoms with Crippen LogP contribution in [0.3, 0.4) is 0 Å². The van der Waals surface area contributed by atoms with Gasteiger partial charge in [-0.1, -0.05) is 22.0 Å². The van der Waals surface area contributed by atoms with Crippen LogP contribution < -0.4 is 16.4 Å². The fraction of sp³-hybridized carbons (Fsp3) is 0.500. The number of halogens is 1. The van der Waals surface area contributed by atoms with Crippen LogP contribution in [-0.4, -0.2) is 30.2 Å². The van der Waals surface area contributed by atoms with Gasteiger partial charge in [0, 0.05) is 16.6 Å². The molecular formula is C18H24BrN5O2. The first kappa shape index (κ1) is 18.7. The summed E-state index contributed by atoms with van der Waals surface area (Å²) >= 11 is 3.51. The number of nitrogens with two attached hydrogens (primary N) is 2. The van der Waals surface area contributed by atoms with Crippen LogP contribution in [0.2, 0.25) is 0 Å². The highest BCUT2D eigenvalue weighted by molar-refractivity contribution is 9.10. The molecule has 7 nitrogen and oxygen atoms in total. The summed E-state index contributed by atoms with van der Waals surface area (Å²) in [4.78, 5) is 22.6. The molecule has 1 aromatic rings. The van der Waals surface area contributed by atoms with Crippen molar-refractivity contribution in [2.75, 3.05) is 11.5 Å². The Labute approximate surface area is 161 Å². The van der Waals surface area contributed by atoms with Gasteiger partial charge < -0.3 is 16.2 Å². The second-order valence-electron chi connectivity index (χ2n) is 6.69. The Hall–Kier alpha value is -2.09. The van der Waals surface area contributed by atoms with Crippen molar-refractivity contribution in [3.63, 3.8) is 0 Å². The van der Waals surface area contributed by atoms with Gasteiger partial charge in [-0.2, -0.15) is 4.99 Å². The number of hydrogen-bond acceptors (Lipinski definition) is 7. The molecule has 1 fully saturated rings. The van der Waals surface area contributed by atoms with Crippen molar-refractivity contribution in [1.82, 2.24) is 0 Å². The third kappa shape index (κ3) is 3.85. The summed E-state index contributed by atoms with van der Waals surface area (Å²) in [5.74, 6) is 0.711. The first-order valence-corrected chi connectivity index (χ1v) is 9.64. The van der Waals surface area contributed by atoms with Crippen molar-refractivity contribution in [3.8, 4) is 0 Å². The fourth-order valence-corrected chi connectivity index (χ4v) is 4.18. The van der Waals surface area contributed by atoms with Gasteiger partial charge in [0.1, 0.15) is 5.66 Å². The molecule has 0 unspecified atom stereocenters. The fourth-order valence-electron chi connectivity index (χ4n) is 3.79. The molecule has 26 heavy (non-hydrogen) atoms. The zero-order chi connectivity index (χ0) is 18.7. The first-order valence-electron chi connectivity index (χ1n) is 8.84. The Morgan fingerprint density at radius 1 is 1.38 bits per heavy atom. The van der Waals surface area contributed by atoms with Gasteiger partial charge in [-0.3, -0.25) is 9.69 Å². The van der Waals surface area contributed by atoms with Gasteiger partial charge in [-0.05, 0) is 56.7 Å². The van der Waals surface area contributed by atoms with E-state index in [1.54, 1.807) is 0 Å². The molecule has 3 rings (SSSR count). The summed E-state index contributed by atoms with van der Waals surface area (Å²) in [5.41, 5.74) is 12.5. The van der Waals surface area contributed by atoms with Crippen LogP contribution in [0.4, 0.5) is 5.69 Å². The molecular weight excluding hydrogens is 398 g/mol. The Balaban J connectivity index is 1.82. The Morgan fingerprint density at radius 2 is 2.12 bits per heavy atom. The van der Waals surface area contributed by atoms with E-state index in [1.807, 2.05) is 36.1 Å². The molecule has 8 heteroatoms. The highest BCUT2D eigenvalue weighted by atomic mass is 79.9. The van der Waals surface area contributed by atoms with Crippen LogP contribution in [0.15, 0.2) is 38.7 Å². The average molecular weight is 422 g/mol. The Kier molecular flexibility index (Phi) is 5.50. The molecule has 1 aliphatic heterocycles. The lowest BCUT2D eigenvalue weighted by Crippen LogP contribution is -2.58. The Bertz CT molecular complexity index is 741. The third-order valence-corrected chi connectivity index (χ3v) is 5.42. The Morgan fingerprint density at radius 3 is 2.77 bits per heavy atom. The second-order valence-corrected chi connectivity index (χ2v) is 7.61. The van der Waals surface area contributed by atoms with Gasteiger partial charge in [-0.15, -0.1) is 0 Å². The van der Waals surface area contributed by atoms with Gasteiger partial charge in [-0.25, -0.2) is 4.99 Å². The van der Waals surface area contributed by atoms with Crippen LogP contribution >= 0.6 is 15.9 Å². The number of guanidine groups is 2. The molecule has 140 valence electrons.